The van der Waals surface area contributed by atoms with Crippen LogP contribution in [0, 0.1) is 0 Å². The highest BCUT2D eigenvalue weighted by Crippen LogP contribution is 2.41. The fourth-order valence-electron chi connectivity index (χ4n) is 5.81. The van der Waals surface area contributed by atoms with Gasteiger partial charge in [0.05, 0.1) is 11.4 Å². The van der Waals surface area contributed by atoms with Crippen LogP contribution in [0.2, 0.25) is 0 Å². The van der Waals surface area contributed by atoms with E-state index in [9.17, 15) is 4.79 Å². The molecule has 2 aliphatic rings. The molecule has 1 aliphatic heterocycles. The predicted octanol–water partition coefficient (Wildman–Crippen LogP) is 5.46. The Hall–Kier alpha value is -4.17. The van der Waals surface area contributed by atoms with Crippen LogP contribution in [0.3, 0.4) is 0 Å². The highest BCUT2D eigenvalue weighted by atomic mass is 16.5. The lowest BCUT2D eigenvalue weighted by Crippen LogP contribution is -2.28. The first-order valence-corrected chi connectivity index (χ1v) is 14.2. The summed E-state index contributed by atoms with van der Waals surface area (Å²) in [6.45, 7) is 4.33. The summed E-state index contributed by atoms with van der Waals surface area (Å²) in [7, 11) is 2.12. The number of carbonyl (C=O) groups excluding carboxylic acids is 1. The van der Waals surface area contributed by atoms with Gasteiger partial charge in [0.2, 0.25) is 5.91 Å². The number of hydrogen-bond acceptors (Lipinski definition) is 6. The van der Waals surface area contributed by atoms with Gasteiger partial charge in [0.15, 0.2) is 0 Å². The van der Waals surface area contributed by atoms with Crippen LogP contribution in [-0.2, 0) is 11.2 Å². The van der Waals surface area contributed by atoms with Crippen LogP contribution in [0.25, 0.3) is 22.2 Å². The zero-order valence-corrected chi connectivity index (χ0v) is 23.2. The summed E-state index contributed by atoms with van der Waals surface area (Å²) in [5.74, 6) is 2.10. The van der Waals surface area contributed by atoms with Crippen LogP contribution in [0.5, 0.6) is 11.5 Å². The Balaban J connectivity index is 1.28. The summed E-state index contributed by atoms with van der Waals surface area (Å²) in [6.07, 6.45) is 9.45. The number of benzene rings is 2. The molecule has 0 bridgehead atoms. The zero-order valence-electron chi connectivity index (χ0n) is 23.2. The normalized spacial score (nSPS) is 17.4. The van der Waals surface area contributed by atoms with Crippen LogP contribution in [-0.4, -0.2) is 63.0 Å². The van der Waals surface area contributed by atoms with E-state index in [2.05, 4.69) is 40.6 Å². The number of amides is 1. The molecule has 2 aromatic heterocycles. The van der Waals surface area contributed by atoms with Gasteiger partial charge in [-0.2, -0.15) is 0 Å². The molecule has 0 spiro atoms. The van der Waals surface area contributed by atoms with Gasteiger partial charge in [-0.15, -0.1) is 0 Å². The van der Waals surface area contributed by atoms with Gasteiger partial charge in [-0.1, -0.05) is 43.3 Å². The molecule has 2 aromatic carbocycles. The van der Waals surface area contributed by atoms with Gasteiger partial charge in [-0.05, 0) is 62.6 Å². The largest absolute Gasteiger partial charge is 0.457 e. The summed E-state index contributed by atoms with van der Waals surface area (Å²) >= 11 is 0. The zero-order chi connectivity index (χ0) is 27.6. The third kappa shape index (κ3) is 5.19. The minimum absolute atomic E-state index is 0.0737. The summed E-state index contributed by atoms with van der Waals surface area (Å²) in [6, 6.07) is 18.6. The lowest BCUT2D eigenvalue weighted by molar-refractivity contribution is -0.125. The van der Waals surface area contributed by atoms with Gasteiger partial charge in [0, 0.05) is 43.0 Å². The third-order valence-electron chi connectivity index (χ3n) is 8.04. The smallest absolute Gasteiger partial charge is 0.246 e. The number of hydrogen-bond donors (Lipinski definition) is 1. The average Bonchev–Trinajstić information content (AvgIpc) is 3.61. The minimum Gasteiger partial charge on any atom is -0.457 e. The van der Waals surface area contributed by atoms with E-state index in [4.69, 9.17) is 15.5 Å². The van der Waals surface area contributed by atoms with E-state index < -0.39 is 0 Å². The standard InChI is InChI=1S/C32H36N6O2/c1-3-27-29(22-11-15-26(16-12-22)40-25-8-5-4-6-9-25)30-31(33)34-21-35-32(30)38(27)24-17-19-37(20-24)28(39)10-7-18-36(2)23-13-14-23/h4-12,15-16,21,23-24H,3,13-14,17-20H2,1-2H3,(H2,33,34,35)/t24-/m1/s1. The number of aromatic nitrogens is 3. The van der Waals surface area contributed by atoms with Crippen molar-refractivity contribution >= 4 is 22.8 Å². The maximum absolute atomic E-state index is 13.0. The molecule has 1 amide bonds. The molecular weight excluding hydrogens is 500 g/mol. The number of para-hydroxylation sites is 1. The maximum atomic E-state index is 13.0. The SMILES string of the molecule is CCc1c(-c2ccc(Oc3ccccc3)cc2)c2c(N)ncnc2n1[C@@H]1CCN(C(=O)C=CCN(C)C2CC2)C1. The van der Waals surface area contributed by atoms with Crippen LogP contribution in [0.1, 0.15) is 37.9 Å². The molecule has 206 valence electrons. The number of anilines is 1. The van der Waals surface area contributed by atoms with E-state index in [-0.39, 0.29) is 11.9 Å². The molecule has 3 heterocycles. The highest BCUT2D eigenvalue weighted by molar-refractivity contribution is 6.02. The Morgan fingerprint density at radius 3 is 2.55 bits per heavy atom. The Kier molecular flexibility index (Phi) is 7.26. The molecule has 1 saturated carbocycles. The second-order valence-corrected chi connectivity index (χ2v) is 10.7. The maximum Gasteiger partial charge on any atom is 0.246 e. The van der Waals surface area contributed by atoms with Gasteiger partial charge in [0.25, 0.3) is 0 Å². The summed E-state index contributed by atoms with van der Waals surface area (Å²) in [5.41, 5.74) is 10.5. The van der Waals surface area contributed by atoms with E-state index in [1.54, 1.807) is 6.08 Å². The van der Waals surface area contributed by atoms with Crippen molar-refractivity contribution in [2.24, 2.45) is 0 Å². The van der Waals surface area contributed by atoms with Crippen molar-refractivity contribution < 1.29 is 9.53 Å². The van der Waals surface area contributed by atoms with Crippen molar-refractivity contribution in [2.75, 3.05) is 32.4 Å². The molecule has 8 nitrogen and oxygen atoms in total. The Morgan fingerprint density at radius 1 is 1.07 bits per heavy atom. The molecule has 8 heteroatoms. The predicted molar refractivity (Wildman–Crippen MR) is 158 cm³/mol. The first-order valence-electron chi connectivity index (χ1n) is 14.2. The first kappa shape index (κ1) is 26.1. The van der Waals surface area contributed by atoms with E-state index in [1.165, 1.54) is 19.2 Å². The van der Waals surface area contributed by atoms with E-state index >= 15 is 0 Å². The summed E-state index contributed by atoms with van der Waals surface area (Å²) in [5, 5.41) is 0.865. The molecular formula is C32H36N6O2. The second kappa shape index (κ2) is 11.1. The number of fused-ring (bicyclic) bond motifs is 1. The molecule has 1 aliphatic carbocycles. The average molecular weight is 537 g/mol. The van der Waals surface area contributed by atoms with Crippen molar-refractivity contribution in [2.45, 2.75) is 44.7 Å². The number of nitrogens with two attached hydrogens (primary N) is 1. The van der Waals surface area contributed by atoms with Crippen molar-refractivity contribution in [1.29, 1.82) is 0 Å². The Morgan fingerprint density at radius 2 is 1.82 bits per heavy atom. The van der Waals surface area contributed by atoms with Gasteiger partial charge in [-0.25, -0.2) is 9.97 Å². The van der Waals surface area contributed by atoms with Gasteiger partial charge < -0.3 is 19.9 Å². The second-order valence-electron chi connectivity index (χ2n) is 10.7. The molecule has 4 aromatic rings. The summed E-state index contributed by atoms with van der Waals surface area (Å²) < 4.78 is 8.31. The molecule has 2 fully saturated rings. The van der Waals surface area contributed by atoms with Crippen molar-refractivity contribution in [1.82, 2.24) is 24.3 Å². The molecule has 0 radical (unpaired) electrons. The number of ether oxygens (including phenoxy) is 1. The molecule has 1 saturated heterocycles. The third-order valence-corrected chi connectivity index (χ3v) is 8.04. The highest BCUT2D eigenvalue weighted by Gasteiger charge is 2.32. The topological polar surface area (TPSA) is 89.5 Å². The molecule has 0 unspecified atom stereocenters. The first-order chi connectivity index (χ1) is 19.5. The number of likely N-dealkylation sites (tertiary alicyclic amines) is 1. The van der Waals surface area contributed by atoms with Crippen molar-refractivity contribution in [3.05, 3.63) is 78.8 Å². The number of nitrogen functional groups attached to an aromatic ring is 1. The van der Waals surface area contributed by atoms with E-state index in [0.717, 1.165) is 65.3 Å². The lowest BCUT2D eigenvalue weighted by atomic mass is 10.0. The molecule has 2 N–H and O–H groups in total. The number of carbonyl (C=O) groups is 1. The summed E-state index contributed by atoms with van der Waals surface area (Å²) in [4.78, 5) is 26.3. The number of likely N-dealkylation sites (N-methyl/N-ethyl adjacent to an activating group) is 1. The molecule has 1 atom stereocenters. The quantitative estimate of drug-likeness (QED) is 0.286. The fraction of sp³-hybridized carbons (Fsp3) is 0.344. The van der Waals surface area contributed by atoms with Gasteiger partial charge in [-0.3, -0.25) is 9.69 Å². The minimum atomic E-state index is 0.0737. The van der Waals surface area contributed by atoms with Gasteiger partial charge >= 0.3 is 0 Å². The molecule has 40 heavy (non-hydrogen) atoms. The fourth-order valence-corrected chi connectivity index (χ4v) is 5.81. The van der Waals surface area contributed by atoms with E-state index in [1.807, 2.05) is 53.4 Å². The Labute approximate surface area is 235 Å². The number of nitrogens with zero attached hydrogens (tertiary/aromatic N) is 5. The molecule has 6 rings (SSSR count). The van der Waals surface area contributed by atoms with Gasteiger partial charge in [0.1, 0.15) is 29.3 Å². The van der Waals surface area contributed by atoms with E-state index in [0.29, 0.717) is 18.4 Å². The van der Waals surface area contributed by atoms with Crippen LogP contribution in [0.4, 0.5) is 5.82 Å². The number of rotatable bonds is 9. The Bertz CT molecular complexity index is 1520. The lowest BCUT2D eigenvalue weighted by Gasteiger charge is -2.19. The monoisotopic (exact) mass is 536 g/mol. The van der Waals surface area contributed by atoms with Crippen LogP contribution in [0.15, 0.2) is 73.1 Å². The van der Waals surface area contributed by atoms with Crippen molar-refractivity contribution in [3.63, 3.8) is 0 Å². The van der Waals surface area contributed by atoms with Crippen LogP contribution >= 0.6 is 0 Å². The van der Waals surface area contributed by atoms with Crippen LogP contribution < -0.4 is 10.5 Å². The van der Waals surface area contributed by atoms with Crippen molar-refractivity contribution in [3.8, 4) is 22.6 Å².